The first kappa shape index (κ1) is 17.7. The molecule has 1 atom stereocenters. The van der Waals surface area contributed by atoms with Crippen LogP contribution in [-0.2, 0) is 14.8 Å². The monoisotopic (exact) mass is 379 g/mol. The molecule has 0 spiro atoms. The number of nitrogens with one attached hydrogen (secondary N) is 1. The molecule has 0 saturated carbocycles. The van der Waals surface area contributed by atoms with E-state index in [4.69, 9.17) is 27.9 Å². The van der Waals surface area contributed by atoms with Gasteiger partial charge in [-0.2, -0.15) is 0 Å². The Kier molecular flexibility index (Phi) is 5.87. The van der Waals surface area contributed by atoms with Gasteiger partial charge in [0.15, 0.2) is 0 Å². The Bertz CT molecular complexity index is 759. The van der Waals surface area contributed by atoms with E-state index in [1.165, 1.54) is 18.2 Å². The maximum atomic E-state index is 12.4. The average molecular weight is 380 g/mol. The number of methoxy groups -OCH3 is 1. The summed E-state index contributed by atoms with van der Waals surface area (Å²) < 4.78 is 32.6. The predicted octanol–water partition coefficient (Wildman–Crippen LogP) is 4.03. The summed E-state index contributed by atoms with van der Waals surface area (Å²) >= 11 is 13.3. The average Bonchev–Trinajstić information content (AvgIpc) is 2.88. The van der Waals surface area contributed by atoms with Gasteiger partial charge in [-0.05, 0) is 37.3 Å². The maximum absolute atomic E-state index is 12.4. The minimum atomic E-state index is -3.76. The molecule has 1 aromatic carbocycles. The van der Waals surface area contributed by atoms with E-state index in [1.807, 2.05) is 19.1 Å². The first-order chi connectivity index (χ1) is 10.3. The smallest absolute Gasteiger partial charge is 0.242 e. The van der Waals surface area contributed by atoms with E-state index < -0.39 is 10.0 Å². The molecule has 0 aliphatic carbocycles. The third-order valence-electron chi connectivity index (χ3n) is 3.00. The molecule has 0 radical (unpaired) electrons. The van der Waals surface area contributed by atoms with Crippen molar-refractivity contribution in [3.8, 4) is 0 Å². The van der Waals surface area contributed by atoms with Gasteiger partial charge in [0, 0.05) is 28.4 Å². The summed E-state index contributed by atoms with van der Waals surface area (Å²) in [4.78, 5) is 2.05. The molecule has 8 heteroatoms. The van der Waals surface area contributed by atoms with Gasteiger partial charge in [0.25, 0.3) is 0 Å². The molecule has 0 fully saturated rings. The van der Waals surface area contributed by atoms with Crippen LogP contribution in [0.25, 0.3) is 0 Å². The molecule has 0 bridgehead atoms. The van der Waals surface area contributed by atoms with E-state index >= 15 is 0 Å². The van der Waals surface area contributed by atoms with E-state index in [9.17, 15) is 8.42 Å². The quantitative estimate of drug-likeness (QED) is 0.823. The van der Waals surface area contributed by atoms with Crippen molar-refractivity contribution in [2.75, 3.05) is 13.7 Å². The first-order valence-corrected chi connectivity index (χ1v) is 9.43. The maximum Gasteiger partial charge on any atom is 0.242 e. The number of halogens is 2. The van der Waals surface area contributed by atoms with Gasteiger partial charge in [-0.1, -0.05) is 23.2 Å². The third kappa shape index (κ3) is 4.22. The summed E-state index contributed by atoms with van der Waals surface area (Å²) in [5.74, 6) is 0. The zero-order valence-electron chi connectivity index (χ0n) is 12.0. The highest BCUT2D eigenvalue weighted by atomic mass is 35.5. The largest absolute Gasteiger partial charge is 0.375 e. The Morgan fingerprint density at radius 2 is 2.00 bits per heavy atom. The van der Waals surface area contributed by atoms with Crippen LogP contribution < -0.4 is 4.72 Å². The van der Waals surface area contributed by atoms with E-state index in [-0.39, 0.29) is 22.6 Å². The van der Waals surface area contributed by atoms with Gasteiger partial charge in [-0.15, -0.1) is 11.3 Å². The number of thiophene rings is 1. The fraction of sp³-hybridized carbons (Fsp3) is 0.286. The lowest BCUT2D eigenvalue weighted by atomic mass is 10.3. The van der Waals surface area contributed by atoms with Gasteiger partial charge in [0.1, 0.15) is 11.0 Å². The molecule has 22 heavy (non-hydrogen) atoms. The molecule has 120 valence electrons. The van der Waals surface area contributed by atoms with Crippen LogP contribution >= 0.6 is 34.5 Å². The second-order valence-corrected chi connectivity index (χ2v) is 8.50. The Morgan fingerprint density at radius 3 is 2.59 bits per heavy atom. The highest BCUT2D eigenvalue weighted by molar-refractivity contribution is 7.89. The van der Waals surface area contributed by atoms with Crippen LogP contribution in [-0.4, -0.2) is 22.1 Å². The van der Waals surface area contributed by atoms with Crippen molar-refractivity contribution in [3.63, 3.8) is 0 Å². The van der Waals surface area contributed by atoms with Crippen LogP contribution in [0.3, 0.4) is 0 Å². The normalized spacial score (nSPS) is 13.3. The molecular formula is C14H15Cl2NO3S2. The second-order valence-electron chi connectivity index (χ2n) is 4.60. The van der Waals surface area contributed by atoms with Crippen LogP contribution in [0, 0.1) is 6.92 Å². The van der Waals surface area contributed by atoms with Gasteiger partial charge in [0.2, 0.25) is 10.0 Å². The number of ether oxygens (including phenoxy) is 1. The SMILES string of the molecule is COC(CNS(=O)(=O)c1cc(Cl)ccc1Cl)c1ccc(C)s1. The standard InChI is InChI=1S/C14H15Cl2NO3S2/c1-9-3-6-13(21-9)12(20-2)8-17-22(18,19)14-7-10(15)4-5-11(14)16/h3-7,12,17H,8H2,1-2H3. The lowest BCUT2D eigenvalue weighted by Gasteiger charge is -2.15. The highest BCUT2D eigenvalue weighted by Gasteiger charge is 2.21. The van der Waals surface area contributed by atoms with Crippen LogP contribution in [0.2, 0.25) is 10.0 Å². The van der Waals surface area contributed by atoms with Crippen molar-refractivity contribution >= 4 is 44.6 Å². The van der Waals surface area contributed by atoms with E-state index in [0.29, 0.717) is 5.02 Å². The molecule has 2 aromatic rings. The number of hydrogen-bond donors (Lipinski definition) is 1. The summed E-state index contributed by atoms with van der Waals surface area (Å²) in [5, 5.41) is 0.430. The molecule has 0 aliphatic heterocycles. The molecule has 1 unspecified atom stereocenters. The van der Waals surface area contributed by atoms with Crippen LogP contribution in [0.1, 0.15) is 15.9 Å². The zero-order valence-corrected chi connectivity index (χ0v) is 15.1. The molecule has 1 N–H and O–H groups in total. The molecule has 4 nitrogen and oxygen atoms in total. The Morgan fingerprint density at radius 1 is 1.27 bits per heavy atom. The van der Waals surface area contributed by atoms with Crippen molar-refractivity contribution in [3.05, 3.63) is 50.1 Å². The minimum absolute atomic E-state index is 0.0427. The summed E-state index contributed by atoms with van der Waals surface area (Å²) in [7, 11) is -2.22. The number of benzene rings is 1. The Balaban J connectivity index is 2.16. The van der Waals surface area contributed by atoms with Crippen molar-refractivity contribution in [1.82, 2.24) is 4.72 Å². The predicted molar refractivity (Wildman–Crippen MR) is 90.5 cm³/mol. The third-order valence-corrected chi connectivity index (χ3v) is 6.24. The van der Waals surface area contributed by atoms with E-state index in [1.54, 1.807) is 18.4 Å². The molecule has 2 rings (SSSR count). The fourth-order valence-corrected chi connectivity index (χ4v) is 4.62. The van der Waals surface area contributed by atoms with Crippen molar-refractivity contribution in [2.24, 2.45) is 0 Å². The number of hydrogen-bond acceptors (Lipinski definition) is 4. The molecule has 0 saturated heterocycles. The molecular weight excluding hydrogens is 365 g/mol. The van der Waals surface area contributed by atoms with Gasteiger partial charge in [-0.3, -0.25) is 0 Å². The van der Waals surface area contributed by atoms with E-state index in [2.05, 4.69) is 4.72 Å². The molecule has 1 aromatic heterocycles. The zero-order chi connectivity index (χ0) is 16.3. The molecule has 0 aliphatic rings. The van der Waals surface area contributed by atoms with Crippen LogP contribution in [0.15, 0.2) is 35.2 Å². The van der Waals surface area contributed by atoms with Gasteiger partial charge >= 0.3 is 0 Å². The van der Waals surface area contributed by atoms with Crippen molar-refractivity contribution < 1.29 is 13.2 Å². The van der Waals surface area contributed by atoms with Gasteiger partial charge in [-0.25, -0.2) is 13.1 Å². The number of sulfonamides is 1. The summed E-state index contributed by atoms with van der Waals surface area (Å²) in [6, 6.07) is 8.21. The minimum Gasteiger partial charge on any atom is -0.375 e. The lowest BCUT2D eigenvalue weighted by Crippen LogP contribution is -2.29. The van der Waals surface area contributed by atoms with Gasteiger partial charge in [0.05, 0.1) is 5.02 Å². The van der Waals surface area contributed by atoms with Crippen molar-refractivity contribution in [1.29, 1.82) is 0 Å². The summed E-state index contributed by atoms with van der Waals surface area (Å²) in [5.41, 5.74) is 0. The number of rotatable bonds is 6. The Labute approximate surface area is 144 Å². The van der Waals surface area contributed by atoms with Crippen LogP contribution in [0.4, 0.5) is 0 Å². The molecule has 0 amide bonds. The van der Waals surface area contributed by atoms with E-state index in [0.717, 1.165) is 9.75 Å². The van der Waals surface area contributed by atoms with Crippen LogP contribution in [0.5, 0.6) is 0 Å². The second kappa shape index (κ2) is 7.29. The highest BCUT2D eigenvalue weighted by Crippen LogP contribution is 2.27. The summed E-state index contributed by atoms with van der Waals surface area (Å²) in [6.07, 6.45) is -0.355. The van der Waals surface area contributed by atoms with Crippen molar-refractivity contribution in [2.45, 2.75) is 17.9 Å². The topological polar surface area (TPSA) is 55.4 Å². The lowest BCUT2D eigenvalue weighted by molar-refractivity contribution is 0.110. The molecule has 1 heterocycles. The number of aryl methyl sites for hydroxylation is 1. The Hall–Kier alpha value is -0.630. The van der Waals surface area contributed by atoms with Gasteiger partial charge < -0.3 is 4.74 Å². The fourth-order valence-electron chi connectivity index (χ4n) is 1.87. The summed E-state index contributed by atoms with van der Waals surface area (Å²) in [6.45, 7) is 2.10. The first-order valence-electron chi connectivity index (χ1n) is 6.37.